The first-order valence-corrected chi connectivity index (χ1v) is 7.44. The second kappa shape index (κ2) is 8.73. The van der Waals surface area contributed by atoms with Crippen LogP contribution in [0.1, 0.15) is 25.7 Å². The van der Waals surface area contributed by atoms with Gasteiger partial charge in [0.1, 0.15) is 5.76 Å². The number of hydrogen-bond acceptors (Lipinski definition) is 6. The number of allylic oxidation sites excluding steroid dienone is 1. The van der Waals surface area contributed by atoms with Crippen LogP contribution in [0.5, 0.6) is 0 Å². The molecule has 0 rings (SSSR count). The minimum atomic E-state index is -5.83. The fraction of sp³-hybridized carbons (Fsp3) is 0.583. The van der Waals surface area contributed by atoms with E-state index in [1.54, 1.807) is 0 Å². The van der Waals surface area contributed by atoms with Crippen LogP contribution in [0.4, 0.5) is 8.78 Å². The van der Waals surface area contributed by atoms with Gasteiger partial charge in [-0.05, 0) is 25.3 Å². The Morgan fingerprint density at radius 3 is 2.38 bits per heavy atom. The molecule has 0 radical (unpaired) electrons. The topological polar surface area (TPSA) is 92.7 Å². The van der Waals surface area contributed by atoms with Gasteiger partial charge in [0, 0.05) is 6.42 Å². The normalized spacial score (nSPS) is 11.8. The van der Waals surface area contributed by atoms with Gasteiger partial charge in [-0.2, -0.15) is 8.78 Å². The minimum Gasteiger partial charge on any atom is -0.743 e. The van der Waals surface area contributed by atoms with Gasteiger partial charge in [0.2, 0.25) is 0 Å². The van der Waals surface area contributed by atoms with Gasteiger partial charge in [0.25, 0.3) is 0 Å². The van der Waals surface area contributed by atoms with E-state index in [0.29, 0.717) is 31.6 Å². The number of halogens is 2. The number of carbonyl (C=O) groups is 1. The molecule has 21 heavy (non-hydrogen) atoms. The summed E-state index contributed by atoms with van der Waals surface area (Å²) in [4.78, 5) is 11.1. The highest BCUT2D eigenvalue weighted by molar-refractivity contribution is 7.86. The lowest BCUT2D eigenvalue weighted by Crippen LogP contribution is -2.34. The van der Waals surface area contributed by atoms with E-state index in [-0.39, 0.29) is 6.42 Å². The first kappa shape index (κ1) is 19.5. The fourth-order valence-electron chi connectivity index (χ4n) is 1.12. The Morgan fingerprint density at radius 1 is 1.24 bits per heavy atom. The maximum absolute atomic E-state index is 12.7. The molecule has 0 bridgehead atoms. The minimum absolute atomic E-state index is 0.155. The van der Waals surface area contributed by atoms with Crippen LogP contribution >= 0.6 is 0 Å². The molecular weight excluding hydrogens is 310 g/mol. The summed E-state index contributed by atoms with van der Waals surface area (Å²) in [5.41, 5.74) is 0. The van der Waals surface area contributed by atoms with Crippen molar-refractivity contribution in [1.29, 1.82) is 0 Å². The summed E-state index contributed by atoms with van der Waals surface area (Å²) in [6.07, 6.45) is 2.85. The quantitative estimate of drug-likeness (QED) is 0.189. The van der Waals surface area contributed by atoms with Crippen molar-refractivity contribution in [3.8, 4) is 0 Å². The third-order valence-corrected chi connectivity index (χ3v) is 3.16. The molecule has 9 heteroatoms. The number of esters is 1. The maximum Gasteiger partial charge on any atom is 0.367 e. The summed E-state index contributed by atoms with van der Waals surface area (Å²) in [5, 5.41) is -4.61. The molecule has 0 N–H and O–H groups in total. The Bertz CT molecular complexity index is 472. The van der Waals surface area contributed by atoms with E-state index < -0.39 is 27.9 Å². The highest BCUT2D eigenvalue weighted by Gasteiger charge is 2.39. The van der Waals surface area contributed by atoms with Crippen molar-refractivity contribution in [2.45, 2.75) is 30.9 Å². The van der Waals surface area contributed by atoms with Gasteiger partial charge in [-0.1, -0.05) is 13.2 Å². The third kappa shape index (κ3) is 8.41. The van der Waals surface area contributed by atoms with Crippen LogP contribution in [-0.4, -0.2) is 37.4 Å². The van der Waals surface area contributed by atoms with E-state index in [9.17, 15) is 26.5 Å². The van der Waals surface area contributed by atoms with Crippen molar-refractivity contribution >= 4 is 16.1 Å². The Labute approximate surface area is 122 Å². The molecule has 0 fully saturated rings. The van der Waals surface area contributed by atoms with Gasteiger partial charge < -0.3 is 14.0 Å². The summed E-state index contributed by atoms with van der Waals surface area (Å²) < 4.78 is 65.0. The first-order valence-electron chi connectivity index (χ1n) is 6.03. The maximum atomic E-state index is 12.7. The van der Waals surface area contributed by atoms with Gasteiger partial charge >= 0.3 is 11.2 Å². The van der Waals surface area contributed by atoms with E-state index in [1.807, 2.05) is 0 Å². The molecule has 0 aromatic rings. The van der Waals surface area contributed by atoms with E-state index in [2.05, 4.69) is 17.9 Å². The van der Waals surface area contributed by atoms with Crippen molar-refractivity contribution in [2.75, 3.05) is 13.2 Å². The van der Waals surface area contributed by atoms with Crippen LogP contribution in [0.15, 0.2) is 25.0 Å². The summed E-state index contributed by atoms with van der Waals surface area (Å²) in [6.45, 7) is 5.59. The molecule has 0 aromatic heterocycles. The van der Waals surface area contributed by atoms with E-state index in [1.165, 1.54) is 6.08 Å². The number of hydrogen-bond donors (Lipinski definition) is 0. The van der Waals surface area contributed by atoms with Gasteiger partial charge in [-0.25, -0.2) is 8.42 Å². The second-order valence-electron chi connectivity index (χ2n) is 4.08. The molecule has 0 unspecified atom stereocenters. The van der Waals surface area contributed by atoms with Gasteiger partial charge in [-0.15, -0.1) is 0 Å². The van der Waals surface area contributed by atoms with E-state index >= 15 is 0 Å². The summed E-state index contributed by atoms with van der Waals surface area (Å²) in [6, 6.07) is 0. The van der Waals surface area contributed by atoms with E-state index in [0.717, 1.165) is 0 Å². The smallest absolute Gasteiger partial charge is 0.367 e. The Hall–Kier alpha value is -1.48. The summed E-state index contributed by atoms with van der Waals surface area (Å²) in [5.74, 6) is -0.565. The summed E-state index contributed by atoms with van der Waals surface area (Å²) in [7, 11) is -5.83. The molecule has 0 aliphatic rings. The largest absolute Gasteiger partial charge is 0.743 e. The predicted molar refractivity (Wildman–Crippen MR) is 69.4 cm³/mol. The van der Waals surface area contributed by atoms with Gasteiger partial charge in [-0.3, -0.25) is 4.79 Å². The van der Waals surface area contributed by atoms with Crippen LogP contribution in [-0.2, 0) is 24.4 Å². The zero-order valence-electron chi connectivity index (χ0n) is 11.3. The monoisotopic (exact) mass is 327 g/mol. The van der Waals surface area contributed by atoms with Crippen molar-refractivity contribution in [2.24, 2.45) is 0 Å². The van der Waals surface area contributed by atoms with Gasteiger partial charge in [0.15, 0.2) is 16.7 Å². The molecule has 0 atom stereocenters. The average Bonchev–Trinajstić information content (AvgIpc) is 2.38. The molecule has 0 aliphatic carbocycles. The molecule has 122 valence electrons. The average molecular weight is 327 g/mol. The number of carbonyl (C=O) groups excluding carboxylic acids is 1. The molecular formula is C12H17F2O6S-. The standard InChI is InChI=1S/C12H18F2O6S/c1-3-10(2)19-8-6-4-5-7-11(15)20-9-12(13,14)21(16,17)18/h3H,1-2,4-9H2,(H,16,17,18)/p-1. The predicted octanol–water partition coefficient (Wildman–Crippen LogP) is 1.94. The van der Waals surface area contributed by atoms with Crippen molar-refractivity contribution in [3.63, 3.8) is 0 Å². The molecule has 0 heterocycles. The first-order chi connectivity index (χ1) is 9.60. The Balaban J connectivity index is 3.78. The molecule has 0 spiro atoms. The van der Waals surface area contributed by atoms with E-state index in [4.69, 9.17) is 4.74 Å². The number of unbranched alkanes of at least 4 members (excludes halogenated alkanes) is 2. The SMILES string of the molecule is C=CC(=C)OCCCCCC(=O)OCC(F)(F)S(=O)(=O)[O-]. The van der Waals surface area contributed by atoms with Crippen LogP contribution in [0.3, 0.4) is 0 Å². The van der Waals surface area contributed by atoms with Crippen LogP contribution in [0, 0.1) is 0 Å². The molecule has 0 aromatic carbocycles. The molecule has 6 nitrogen and oxygen atoms in total. The molecule has 0 saturated carbocycles. The lowest BCUT2D eigenvalue weighted by atomic mass is 10.2. The number of alkyl halides is 2. The fourth-order valence-corrected chi connectivity index (χ4v) is 1.32. The highest BCUT2D eigenvalue weighted by atomic mass is 32.2. The highest BCUT2D eigenvalue weighted by Crippen LogP contribution is 2.20. The van der Waals surface area contributed by atoms with Crippen LogP contribution in [0.25, 0.3) is 0 Å². The van der Waals surface area contributed by atoms with Gasteiger partial charge in [0.05, 0.1) is 6.61 Å². The van der Waals surface area contributed by atoms with Crippen molar-refractivity contribution in [1.82, 2.24) is 0 Å². The second-order valence-corrected chi connectivity index (χ2v) is 5.59. The molecule has 0 saturated heterocycles. The lowest BCUT2D eigenvalue weighted by Gasteiger charge is -2.19. The lowest BCUT2D eigenvalue weighted by molar-refractivity contribution is -0.149. The van der Waals surface area contributed by atoms with Crippen LogP contribution in [0.2, 0.25) is 0 Å². The Morgan fingerprint density at radius 2 is 1.86 bits per heavy atom. The number of rotatable bonds is 11. The zero-order valence-corrected chi connectivity index (χ0v) is 12.2. The third-order valence-electron chi connectivity index (χ3n) is 2.31. The molecule has 0 aliphatic heterocycles. The van der Waals surface area contributed by atoms with Crippen molar-refractivity contribution < 1.29 is 36.0 Å². The van der Waals surface area contributed by atoms with Crippen LogP contribution < -0.4 is 0 Å². The summed E-state index contributed by atoms with van der Waals surface area (Å²) >= 11 is 0. The van der Waals surface area contributed by atoms with Crippen molar-refractivity contribution in [3.05, 3.63) is 25.0 Å². The molecule has 0 amide bonds. The Kier molecular flexibility index (Phi) is 8.11. The zero-order chi connectivity index (χ0) is 16.5. The number of ether oxygens (including phenoxy) is 2.